The first-order valence-corrected chi connectivity index (χ1v) is 30.5. The Bertz CT molecular complexity index is 3250. The molecule has 1 heterocycles. The maximum Gasteiger partial charge on any atom is 0.243 e. The number of primary amides is 1. The van der Waals surface area contributed by atoms with Crippen LogP contribution in [0.1, 0.15) is 152 Å². The third kappa shape index (κ3) is 17.2. The summed E-state index contributed by atoms with van der Waals surface area (Å²) in [4.78, 5) is 113. The van der Waals surface area contributed by atoms with Gasteiger partial charge in [0.15, 0.2) is 0 Å². The van der Waals surface area contributed by atoms with E-state index in [2.05, 4.69) is 5.32 Å². The van der Waals surface area contributed by atoms with Crippen LogP contribution in [0.4, 0.5) is 0 Å². The van der Waals surface area contributed by atoms with E-state index in [9.17, 15) is 19.6 Å². The lowest BCUT2D eigenvalue weighted by atomic mass is 9.79. The molecule has 1 aliphatic heterocycles. The molecule has 1 aliphatic rings. The quantitative estimate of drug-likeness (QED) is 0.0446. The van der Waals surface area contributed by atoms with Crippen molar-refractivity contribution in [3.63, 3.8) is 0 Å². The van der Waals surface area contributed by atoms with Crippen LogP contribution in [0.15, 0.2) is 182 Å². The Morgan fingerprint density at radius 2 is 0.580 bits per heavy atom. The summed E-state index contributed by atoms with van der Waals surface area (Å²) in [6.45, 7) is 15.9. The summed E-state index contributed by atoms with van der Waals surface area (Å²) in [5.41, 5.74) is 9.04. The van der Waals surface area contributed by atoms with Crippen LogP contribution in [0.3, 0.4) is 0 Å². The highest BCUT2D eigenvalue weighted by molar-refractivity contribution is 5.93. The number of amides is 7. The molecule has 0 bridgehead atoms. The lowest BCUT2D eigenvalue weighted by Crippen LogP contribution is -2.63. The summed E-state index contributed by atoms with van der Waals surface area (Å²) in [6, 6.07) is 51.5. The molecule has 7 rings (SSSR count). The molecular formula is C71H89N9O8. The Balaban J connectivity index is 1.23. The van der Waals surface area contributed by atoms with E-state index in [-0.39, 0.29) is 18.5 Å². The van der Waals surface area contributed by atoms with Crippen LogP contribution >= 0.6 is 0 Å². The maximum absolute atomic E-state index is 15.7. The third-order valence-corrected chi connectivity index (χ3v) is 17.5. The van der Waals surface area contributed by atoms with E-state index in [1.165, 1.54) is 29.6 Å². The van der Waals surface area contributed by atoms with Crippen molar-refractivity contribution in [1.82, 2.24) is 39.8 Å². The zero-order chi connectivity index (χ0) is 63.9. The number of nitrogens with two attached hydrogens (primary N) is 1. The van der Waals surface area contributed by atoms with Gasteiger partial charge < -0.3 is 45.7 Å². The Kier molecular flexibility index (Phi) is 23.2. The molecule has 0 spiro atoms. The second-order valence-electron chi connectivity index (χ2n) is 24.5. The van der Waals surface area contributed by atoms with E-state index in [1.807, 2.05) is 230 Å². The third-order valence-electron chi connectivity index (χ3n) is 17.5. The summed E-state index contributed by atoms with van der Waals surface area (Å²) in [5, 5.41) is 15.9. The molecule has 1 fully saturated rings. The van der Waals surface area contributed by atoms with Crippen molar-refractivity contribution in [2.75, 3.05) is 45.8 Å². The minimum absolute atomic E-state index is 0.0921. The van der Waals surface area contributed by atoms with Crippen molar-refractivity contribution < 1.29 is 38.8 Å². The smallest absolute Gasteiger partial charge is 0.243 e. The first-order chi connectivity index (χ1) is 41.9. The van der Waals surface area contributed by atoms with E-state index < -0.39 is 122 Å². The van der Waals surface area contributed by atoms with E-state index in [0.717, 1.165) is 22.3 Å². The Morgan fingerprint density at radius 3 is 0.784 bits per heavy atom. The van der Waals surface area contributed by atoms with Crippen LogP contribution in [0.2, 0.25) is 0 Å². The van der Waals surface area contributed by atoms with Crippen molar-refractivity contribution in [1.29, 1.82) is 0 Å². The standard InChI is InChI=1S/C71H89N9O8/c1-50(56-29-17-11-18-30-56)74(44-63(72)81)65(83)46-76(52(3)58-33-21-13-22-34-58)67(85)48-78(54(5)60-37-25-15-26-38-60)69(87)49-79(55(6)61-39-27-16-28-40-61)68(86)47-77(53(4)59-35-23-14-24-36-59)66(84)45-75(51(2)57-31-19-12-20-32-57)64(82)43-73-62-41-70(7,8)80(88)71(9,10)42-62/h11-40,50-55,62,73,88H,41-49H2,1-10H3,(H2,72,81)/t50-,51-,52-,53-,54-,55-/m0/s1. The summed E-state index contributed by atoms with van der Waals surface area (Å²) in [5.74, 6) is -3.83. The van der Waals surface area contributed by atoms with Crippen molar-refractivity contribution >= 4 is 41.4 Å². The van der Waals surface area contributed by atoms with Gasteiger partial charge >= 0.3 is 0 Å². The minimum Gasteiger partial charge on any atom is -0.368 e. The minimum atomic E-state index is -0.740. The largest absolute Gasteiger partial charge is 0.368 e. The van der Waals surface area contributed by atoms with Crippen LogP contribution in [-0.2, 0) is 33.6 Å². The molecule has 4 N–H and O–H groups in total. The molecule has 6 aromatic rings. The maximum atomic E-state index is 15.7. The van der Waals surface area contributed by atoms with Crippen LogP contribution in [0.25, 0.3) is 0 Å². The molecule has 0 unspecified atom stereocenters. The van der Waals surface area contributed by atoms with Gasteiger partial charge in [0.1, 0.15) is 32.7 Å². The number of nitrogens with zero attached hydrogens (tertiary/aromatic N) is 7. The highest BCUT2D eigenvalue weighted by Crippen LogP contribution is 2.37. The topological polar surface area (TPSA) is 200 Å². The van der Waals surface area contributed by atoms with Crippen molar-refractivity contribution in [3.8, 4) is 0 Å². The zero-order valence-corrected chi connectivity index (χ0v) is 52.7. The number of hydroxylamine groups is 2. The van der Waals surface area contributed by atoms with Gasteiger partial charge in [-0.15, -0.1) is 0 Å². The number of rotatable bonds is 27. The normalized spacial score (nSPS) is 15.9. The first-order valence-electron chi connectivity index (χ1n) is 30.5. The number of carbonyl (C=O) groups is 7. The predicted octanol–water partition coefficient (Wildman–Crippen LogP) is 10.0. The fraction of sp³-hybridized carbons (Fsp3) is 0.394. The van der Waals surface area contributed by atoms with E-state index in [0.29, 0.717) is 24.0 Å². The van der Waals surface area contributed by atoms with Gasteiger partial charge in [0.05, 0.1) is 49.3 Å². The molecule has 0 radical (unpaired) electrons. The SMILES string of the molecule is C[C@@H](c1ccccc1)N(CC(N)=O)C(=O)CN(C(=O)CN(C(=O)CN(C(=O)CN(C(=O)CN(C(=O)CNC1CC(C)(C)N(O)C(C)(C)C1)[C@@H](C)c1ccccc1)[C@@H](C)c1ccccc1)[C@@H](C)c1ccccc1)[C@@H](C)c1ccccc1)[C@@H](C)c1ccccc1. The van der Waals surface area contributed by atoms with Crippen LogP contribution in [-0.4, -0.2) is 144 Å². The van der Waals surface area contributed by atoms with Crippen molar-refractivity contribution in [2.24, 2.45) is 5.73 Å². The van der Waals surface area contributed by atoms with Crippen LogP contribution < -0.4 is 11.1 Å². The molecule has 88 heavy (non-hydrogen) atoms. The number of carbonyl (C=O) groups excluding carboxylic acids is 7. The molecule has 466 valence electrons. The second kappa shape index (κ2) is 30.4. The Labute approximate surface area is 520 Å². The lowest BCUT2D eigenvalue weighted by Gasteiger charge is -2.51. The fourth-order valence-electron chi connectivity index (χ4n) is 12.2. The highest BCUT2D eigenvalue weighted by Gasteiger charge is 2.45. The molecule has 17 nitrogen and oxygen atoms in total. The Morgan fingerprint density at radius 1 is 0.386 bits per heavy atom. The van der Waals surface area contributed by atoms with Crippen LogP contribution in [0.5, 0.6) is 0 Å². The lowest BCUT2D eigenvalue weighted by molar-refractivity contribution is -0.246. The average Bonchev–Trinajstić information content (AvgIpc) is 2.81. The van der Waals surface area contributed by atoms with Gasteiger partial charge in [-0.05, 0) is 115 Å². The summed E-state index contributed by atoms with van der Waals surface area (Å²) < 4.78 is 0. The van der Waals surface area contributed by atoms with E-state index in [1.54, 1.807) is 25.7 Å². The number of hydrogen-bond donors (Lipinski definition) is 3. The highest BCUT2D eigenvalue weighted by atomic mass is 16.5. The van der Waals surface area contributed by atoms with Crippen molar-refractivity contribution in [3.05, 3.63) is 215 Å². The Hall–Kier alpha value is -8.51. The second-order valence-corrected chi connectivity index (χ2v) is 24.5. The molecule has 17 heteroatoms. The molecule has 6 aromatic carbocycles. The summed E-state index contributed by atoms with van der Waals surface area (Å²) in [7, 11) is 0. The molecular weight excluding hydrogens is 1110 g/mol. The van der Waals surface area contributed by atoms with Gasteiger partial charge in [-0.1, -0.05) is 182 Å². The fourth-order valence-corrected chi connectivity index (χ4v) is 12.2. The summed E-state index contributed by atoms with van der Waals surface area (Å²) in [6.07, 6.45) is 1.13. The van der Waals surface area contributed by atoms with Crippen LogP contribution in [0, 0.1) is 0 Å². The summed E-state index contributed by atoms with van der Waals surface area (Å²) >= 11 is 0. The molecule has 0 aliphatic carbocycles. The zero-order valence-electron chi connectivity index (χ0n) is 52.7. The molecule has 6 atom stereocenters. The van der Waals surface area contributed by atoms with Gasteiger partial charge in [0.2, 0.25) is 41.4 Å². The monoisotopic (exact) mass is 1200 g/mol. The van der Waals surface area contributed by atoms with Gasteiger partial charge in [0, 0.05) is 17.1 Å². The average molecular weight is 1200 g/mol. The molecule has 1 saturated heterocycles. The number of piperidine rings is 1. The van der Waals surface area contributed by atoms with E-state index >= 15 is 19.2 Å². The van der Waals surface area contributed by atoms with Crippen molar-refractivity contribution in [2.45, 2.75) is 135 Å². The van der Waals surface area contributed by atoms with E-state index in [4.69, 9.17) is 5.73 Å². The molecule has 0 saturated carbocycles. The number of benzene rings is 6. The first kappa shape index (κ1) is 67.0. The predicted molar refractivity (Wildman–Crippen MR) is 341 cm³/mol. The molecule has 0 aromatic heterocycles. The van der Waals surface area contributed by atoms with Gasteiger partial charge in [-0.25, -0.2) is 0 Å². The van der Waals surface area contributed by atoms with Gasteiger partial charge in [0.25, 0.3) is 0 Å². The van der Waals surface area contributed by atoms with Gasteiger partial charge in [-0.3, -0.25) is 33.6 Å². The number of nitrogens with one attached hydrogen (secondary N) is 1. The molecule has 7 amide bonds. The van der Waals surface area contributed by atoms with Gasteiger partial charge in [-0.2, -0.15) is 5.06 Å². The number of hydrogen-bond acceptors (Lipinski definition) is 10.